The van der Waals surface area contributed by atoms with Crippen LogP contribution in [-0.4, -0.2) is 26.6 Å². The SMILES string of the molecule is COc1ccc(N(c2ccc(OC)cc2)c2ccc(OCCSc3ccc(N(c4ccccc4)c4ccccc4)cc3)cc2)cc1. The fraction of sp³-hybridized carbons (Fsp3) is 0.100. The Kier molecular flexibility index (Phi) is 10.1. The minimum absolute atomic E-state index is 0.604. The van der Waals surface area contributed by atoms with E-state index in [0.29, 0.717) is 6.61 Å². The van der Waals surface area contributed by atoms with Crippen LogP contribution in [-0.2, 0) is 0 Å². The summed E-state index contributed by atoms with van der Waals surface area (Å²) >= 11 is 1.79. The van der Waals surface area contributed by atoms with Crippen LogP contribution in [0.5, 0.6) is 17.2 Å². The fourth-order valence-corrected chi connectivity index (χ4v) is 5.94. The molecule has 6 heteroatoms. The third-order valence-corrected chi connectivity index (χ3v) is 8.48. The Morgan fingerprint density at radius 1 is 0.413 bits per heavy atom. The summed E-state index contributed by atoms with van der Waals surface area (Å²) in [6.07, 6.45) is 0. The van der Waals surface area contributed by atoms with Crippen molar-refractivity contribution in [3.05, 3.63) is 158 Å². The predicted molar refractivity (Wildman–Crippen MR) is 192 cm³/mol. The molecule has 0 unspecified atom stereocenters. The van der Waals surface area contributed by atoms with Crippen molar-refractivity contribution in [3.8, 4) is 17.2 Å². The molecule has 0 saturated heterocycles. The summed E-state index contributed by atoms with van der Waals surface area (Å²) in [5, 5.41) is 0. The quantitative estimate of drug-likeness (QED) is 0.0939. The van der Waals surface area contributed by atoms with Gasteiger partial charge in [-0.05, 0) is 121 Å². The van der Waals surface area contributed by atoms with Gasteiger partial charge in [0.2, 0.25) is 0 Å². The van der Waals surface area contributed by atoms with Crippen molar-refractivity contribution in [1.82, 2.24) is 0 Å². The van der Waals surface area contributed by atoms with Crippen molar-refractivity contribution in [1.29, 1.82) is 0 Å². The van der Waals surface area contributed by atoms with Crippen molar-refractivity contribution in [3.63, 3.8) is 0 Å². The lowest BCUT2D eigenvalue weighted by atomic mass is 10.2. The Morgan fingerprint density at radius 2 is 0.761 bits per heavy atom. The average Bonchev–Trinajstić information content (AvgIpc) is 3.13. The standard InChI is InChI=1S/C40H36N2O3S/c1-43-37-21-13-33(14-22-37)42(34-15-23-38(44-2)24-16-34)35-17-25-39(26-18-35)45-29-30-46-40-27-19-36(20-28-40)41(31-9-5-3-6-10-31)32-11-7-4-8-12-32/h3-28H,29-30H2,1-2H3. The second kappa shape index (κ2) is 15.1. The first-order valence-corrected chi connectivity index (χ1v) is 16.1. The van der Waals surface area contributed by atoms with Crippen LogP contribution in [0, 0.1) is 0 Å². The number of benzene rings is 6. The van der Waals surface area contributed by atoms with Gasteiger partial charge in [0.1, 0.15) is 17.2 Å². The lowest BCUT2D eigenvalue weighted by Gasteiger charge is -2.26. The van der Waals surface area contributed by atoms with E-state index < -0.39 is 0 Å². The van der Waals surface area contributed by atoms with E-state index in [1.807, 2.05) is 48.5 Å². The van der Waals surface area contributed by atoms with E-state index in [1.54, 1.807) is 26.0 Å². The third-order valence-electron chi connectivity index (χ3n) is 7.50. The van der Waals surface area contributed by atoms with Gasteiger partial charge in [-0.3, -0.25) is 0 Å². The number of hydrogen-bond donors (Lipinski definition) is 0. The molecule has 230 valence electrons. The maximum absolute atomic E-state index is 6.13. The van der Waals surface area contributed by atoms with E-state index in [4.69, 9.17) is 14.2 Å². The second-order valence-electron chi connectivity index (χ2n) is 10.4. The first kappa shape index (κ1) is 30.7. The van der Waals surface area contributed by atoms with Crippen LogP contribution in [0.15, 0.2) is 163 Å². The Bertz CT molecular complexity index is 1690. The zero-order valence-electron chi connectivity index (χ0n) is 26.0. The van der Waals surface area contributed by atoms with Crippen molar-refractivity contribution < 1.29 is 14.2 Å². The van der Waals surface area contributed by atoms with Gasteiger partial charge in [-0.2, -0.15) is 0 Å². The molecule has 0 bridgehead atoms. The number of para-hydroxylation sites is 2. The summed E-state index contributed by atoms with van der Waals surface area (Å²) in [5.74, 6) is 3.31. The molecule has 0 aliphatic heterocycles. The lowest BCUT2D eigenvalue weighted by Crippen LogP contribution is -2.10. The van der Waals surface area contributed by atoms with Gasteiger partial charge in [-0.25, -0.2) is 0 Å². The van der Waals surface area contributed by atoms with Crippen LogP contribution >= 0.6 is 11.8 Å². The normalized spacial score (nSPS) is 10.7. The highest BCUT2D eigenvalue weighted by atomic mass is 32.2. The Labute approximate surface area is 275 Å². The van der Waals surface area contributed by atoms with E-state index in [-0.39, 0.29) is 0 Å². The average molecular weight is 625 g/mol. The van der Waals surface area contributed by atoms with Crippen LogP contribution in [0.2, 0.25) is 0 Å². The number of thioether (sulfide) groups is 1. The molecule has 0 amide bonds. The Hall–Kier alpha value is -5.33. The van der Waals surface area contributed by atoms with E-state index in [0.717, 1.165) is 57.1 Å². The van der Waals surface area contributed by atoms with Crippen LogP contribution in [0.1, 0.15) is 0 Å². The molecule has 46 heavy (non-hydrogen) atoms. The number of nitrogens with zero attached hydrogens (tertiary/aromatic N) is 2. The zero-order chi connectivity index (χ0) is 31.6. The highest BCUT2D eigenvalue weighted by Gasteiger charge is 2.14. The third kappa shape index (κ3) is 7.48. The smallest absolute Gasteiger partial charge is 0.119 e. The fourth-order valence-electron chi connectivity index (χ4n) is 5.21. The van der Waals surface area contributed by atoms with E-state index >= 15 is 0 Å². The van der Waals surface area contributed by atoms with Gasteiger partial charge in [-0.1, -0.05) is 36.4 Å². The monoisotopic (exact) mass is 624 g/mol. The van der Waals surface area contributed by atoms with Crippen molar-refractivity contribution in [2.45, 2.75) is 4.90 Å². The summed E-state index contributed by atoms with van der Waals surface area (Å²) in [4.78, 5) is 5.67. The van der Waals surface area contributed by atoms with Crippen LogP contribution in [0.3, 0.4) is 0 Å². The molecule has 0 saturated carbocycles. The molecular weight excluding hydrogens is 589 g/mol. The molecule has 6 aromatic rings. The summed E-state index contributed by atoms with van der Waals surface area (Å²) in [6, 6.07) is 53.9. The summed E-state index contributed by atoms with van der Waals surface area (Å²) in [5.41, 5.74) is 6.46. The second-order valence-corrected chi connectivity index (χ2v) is 11.6. The van der Waals surface area contributed by atoms with Gasteiger partial charge in [-0.15, -0.1) is 11.8 Å². The number of anilines is 6. The van der Waals surface area contributed by atoms with Gasteiger partial charge in [0.15, 0.2) is 0 Å². The molecule has 0 aliphatic carbocycles. The highest BCUT2D eigenvalue weighted by Crippen LogP contribution is 2.37. The molecule has 5 nitrogen and oxygen atoms in total. The van der Waals surface area contributed by atoms with Gasteiger partial charge in [0.25, 0.3) is 0 Å². The highest BCUT2D eigenvalue weighted by molar-refractivity contribution is 7.99. The molecule has 0 aliphatic rings. The number of rotatable bonds is 13. The maximum atomic E-state index is 6.13. The Morgan fingerprint density at radius 3 is 1.15 bits per heavy atom. The minimum atomic E-state index is 0.604. The lowest BCUT2D eigenvalue weighted by molar-refractivity contribution is 0.344. The molecule has 0 heterocycles. The summed E-state index contributed by atoms with van der Waals surface area (Å²) in [7, 11) is 3.35. The van der Waals surface area contributed by atoms with Gasteiger partial charge in [0.05, 0.1) is 20.8 Å². The van der Waals surface area contributed by atoms with Gasteiger partial charge < -0.3 is 24.0 Å². The van der Waals surface area contributed by atoms with Crippen LogP contribution in [0.25, 0.3) is 0 Å². The van der Waals surface area contributed by atoms with E-state index in [2.05, 4.69) is 119 Å². The van der Waals surface area contributed by atoms with Crippen molar-refractivity contribution >= 4 is 45.9 Å². The largest absolute Gasteiger partial charge is 0.497 e. The first-order valence-electron chi connectivity index (χ1n) is 15.2. The molecule has 0 fully saturated rings. The Balaban J connectivity index is 1.08. The molecule has 0 radical (unpaired) electrons. The molecule has 0 atom stereocenters. The predicted octanol–water partition coefficient (Wildman–Crippen LogP) is 10.8. The molecule has 0 N–H and O–H groups in total. The molecular formula is C40H36N2O3S. The summed E-state index contributed by atoms with van der Waals surface area (Å²) in [6.45, 7) is 0.604. The number of methoxy groups -OCH3 is 2. The first-order chi connectivity index (χ1) is 22.7. The minimum Gasteiger partial charge on any atom is -0.497 e. The molecule has 0 spiro atoms. The summed E-state index contributed by atoms with van der Waals surface area (Å²) < 4.78 is 16.9. The van der Waals surface area contributed by atoms with E-state index in [9.17, 15) is 0 Å². The molecule has 0 aromatic heterocycles. The number of ether oxygens (including phenoxy) is 3. The van der Waals surface area contributed by atoms with E-state index in [1.165, 1.54) is 4.90 Å². The number of hydrogen-bond acceptors (Lipinski definition) is 6. The van der Waals surface area contributed by atoms with Crippen molar-refractivity contribution in [2.24, 2.45) is 0 Å². The van der Waals surface area contributed by atoms with Gasteiger partial charge >= 0.3 is 0 Å². The van der Waals surface area contributed by atoms with Crippen LogP contribution in [0.4, 0.5) is 34.1 Å². The van der Waals surface area contributed by atoms with Crippen molar-refractivity contribution in [2.75, 3.05) is 36.4 Å². The maximum Gasteiger partial charge on any atom is 0.119 e. The molecule has 6 rings (SSSR count). The van der Waals surface area contributed by atoms with Crippen LogP contribution < -0.4 is 24.0 Å². The zero-order valence-corrected chi connectivity index (χ0v) is 26.8. The molecule has 6 aromatic carbocycles. The topological polar surface area (TPSA) is 34.2 Å². The van der Waals surface area contributed by atoms with Gasteiger partial charge in [0, 0.05) is 44.8 Å².